The molecule has 12 heteroatoms. The highest BCUT2D eigenvalue weighted by Gasteiger charge is 2.03. The lowest BCUT2D eigenvalue weighted by Gasteiger charge is -1.98. The zero-order chi connectivity index (χ0) is 30.9. The third-order valence-corrected chi connectivity index (χ3v) is 5.62. The molecule has 1 amide bonds. The highest BCUT2D eigenvalue weighted by Crippen LogP contribution is 2.08. The summed E-state index contributed by atoms with van der Waals surface area (Å²) in [6, 6.07) is 0. The third kappa shape index (κ3) is 48.3. The van der Waals surface area contributed by atoms with Gasteiger partial charge in [-0.25, -0.2) is 0 Å². The number of nitrogens with one attached hydrogen (secondary N) is 1. The summed E-state index contributed by atoms with van der Waals surface area (Å²) in [4.78, 5) is 50.7. The lowest BCUT2D eigenvalue weighted by atomic mass is 10.1. The number of carbonyl (C=O) groups excluding carboxylic acids is 1. The van der Waals surface area contributed by atoms with Crippen molar-refractivity contribution in [1.82, 2.24) is 5.32 Å². The van der Waals surface area contributed by atoms with Gasteiger partial charge in [0.2, 0.25) is 5.91 Å². The minimum Gasteiger partial charge on any atom is -0.481 e. The van der Waals surface area contributed by atoms with Crippen molar-refractivity contribution in [2.24, 2.45) is 11.5 Å². The fraction of sp³-hybridized carbons (Fsp3) is 0.821. The van der Waals surface area contributed by atoms with E-state index in [1.807, 2.05) is 0 Å². The minimum absolute atomic E-state index is 0.0628. The fourth-order valence-electron chi connectivity index (χ4n) is 3.36. The summed E-state index contributed by atoms with van der Waals surface area (Å²) in [5, 5.41) is 35.8. The van der Waals surface area contributed by atoms with E-state index in [0.717, 1.165) is 90.3 Å². The molecule has 0 saturated carbocycles. The first kappa shape index (κ1) is 41.7. The first-order chi connectivity index (χ1) is 19.1. The van der Waals surface area contributed by atoms with Gasteiger partial charge in [0.15, 0.2) is 0 Å². The highest BCUT2D eigenvalue weighted by atomic mass is 16.4. The van der Waals surface area contributed by atoms with Gasteiger partial charge in [-0.05, 0) is 64.5 Å². The maximum Gasteiger partial charge on any atom is 0.303 e. The molecule has 12 nitrogen and oxygen atoms in total. The van der Waals surface area contributed by atoms with Gasteiger partial charge in [-0.3, -0.25) is 24.0 Å². The summed E-state index contributed by atoms with van der Waals surface area (Å²) in [6.07, 6.45) is 15.8. The molecule has 0 atom stereocenters. The zero-order valence-electron chi connectivity index (χ0n) is 24.2. The van der Waals surface area contributed by atoms with E-state index in [9.17, 15) is 24.0 Å². The molecule has 0 aromatic heterocycles. The molecule has 40 heavy (non-hydrogen) atoms. The molecule has 0 aliphatic carbocycles. The van der Waals surface area contributed by atoms with E-state index in [-0.39, 0.29) is 31.6 Å². The Morgan fingerprint density at radius 1 is 0.525 bits per heavy atom. The average Bonchev–Trinajstić information content (AvgIpc) is 3.14. The molecule has 0 unspecified atom stereocenters. The average molecular weight is 578 g/mol. The Kier molecular flexibility index (Phi) is 35.8. The first-order valence-corrected chi connectivity index (χ1v) is 14.6. The minimum atomic E-state index is -0.870. The lowest BCUT2D eigenvalue weighted by molar-refractivity contribution is -0.139. The van der Waals surface area contributed by atoms with Crippen molar-refractivity contribution in [2.75, 3.05) is 19.6 Å². The van der Waals surface area contributed by atoms with E-state index >= 15 is 0 Å². The molecule has 1 aliphatic rings. The quantitative estimate of drug-likeness (QED) is 0.108. The van der Waals surface area contributed by atoms with Gasteiger partial charge in [-0.2, -0.15) is 0 Å². The van der Waals surface area contributed by atoms with E-state index < -0.39 is 23.9 Å². The van der Waals surface area contributed by atoms with Gasteiger partial charge in [0.05, 0.1) is 0 Å². The van der Waals surface area contributed by atoms with E-state index in [1.165, 1.54) is 19.3 Å². The molecule has 0 radical (unpaired) electrons. The van der Waals surface area contributed by atoms with Crippen molar-refractivity contribution in [1.29, 1.82) is 0 Å². The van der Waals surface area contributed by atoms with Crippen molar-refractivity contribution >= 4 is 29.8 Å². The molecule has 1 rings (SSSR count). The smallest absolute Gasteiger partial charge is 0.303 e. The van der Waals surface area contributed by atoms with Crippen LogP contribution in [-0.2, 0) is 24.0 Å². The number of hydrogen-bond acceptors (Lipinski definition) is 7. The molecule has 1 fully saturated rings. The molecule has 1 saturated heterocycles. The van der Waals surface area contributed by atoms with Crippen LogP contribution in [0.1, 0.15) is 128 Å². The van der Waals surface area contributed by atoms with Gasteiger partial charge < -0.3 is 37.2 Å². The highest BCUT2D eigenvalue weighted by molar-refractivity contribution is 5.75. The van der Waals surface area contributed by atoms with Crippen LogP contribution in [0, 0.1) is 0 Å². The van der Waals surface area contributed by atoms with Crippen molar-refractivity contribution in [3.8, 4) is 0 Å². The predicted molar refractivity (Wildman–Crippen MR) is 154 cm³/mol. The third-order valence-electron chi connectivity index (χ3n) is 5.62. The molecular formula is C28H55N3O9. The van der Waals surface area contributed by atoms with Crippen molar-refractivity contribution in [2.45, 2.75) is 128 Å². The Hall–Kier alpha value is -2.73. The zero-order valence-corrected chi connectivity index (χ0v) is 24.2. The van der Waals surface area contributed by atoms with Crippen LogP contribution in [0.3, 0.4) is 0 Å². The number of aliphatic carboxylic acids is 4. The second-order valence-electron chi connectivity index (χ2n) is 9.56. The summed E-state index contributed by atoms with van der Waals surface area (Å²) >= 11 is 0. The van der Waals surface area contributed by atoms with E-state index in [1.54, 1.807) is 0 Å². The first-order valence-electron chi connectivity index (χ1n) is 14.6. The number of carboxylic acids is 4. The monoisotopic (exact) mass is 577 g/mol. The molecule has 0 aromatic carbocycles. The number of hydrogen-bond donors (Lipinski definition) is 7. The van der Waals surface area contributed by atoms with Gasteiger partial charge in [-0.15, -0.1) is 0 Å². The topological polar surface area (TPSA) is 230 Å². The van der Waals surface area contributed by atoms with Gasteiger partial charge in [0, 0.05) is 38.6 Å². The summed E-state index contributed by atoms with van der Waals surface area (Å²) in [5.74, 6) is -3.00. The Labute approximate surface area is 239 Å². The van der Waals surface area contributed by atoms with E-state index in [4.69, 9.17) is 31.9 Å². The van der Waals surface area contributed by atoms with Crippen LogP contribution in [0.2, 0.25) is 0 Å². The van der Waals surface area contributed by atoms with Crippen LogP contribution < -0.4 is 16.8 Å². The van der Waals surface area contributed by atoms with Gasteiger partial charge in [0.1, 0.15) is 0 Å². The standard InChI is InChI=1S/C10H18O4.C6H16N2.C6H11NO.C6H10O4/c11-9(12)7-5-3-1-2-4-6-8-10(13)14;7-5-3-1-2-4-6-8;8-6-4-2-1-3-5-7-6;7-5(8)3-1-2-4-6(9)10/h1-8H2,(H,11,12)(H,13,14);1-8H2;1-5H2,(H,7,8);1-4H2,(H,7,8)(H,9,10). The number of unbranched alkanes of at least 4 members (excludes halogenated alkanes) is 9. The van der Waals surface area contributed by atoms with Crippen LogP contribution in [0.4, 0.5) is 0 Å². The van der Waals surface area contributed by atoms with Crippen LogP contribution in [-0.4, -0.2) is 69.8 Å². The maximum atomic E-state index is 10.6. The van der Waals surface area contributed by atoms with Crippen LogP contribution >= 0.6 is 0 Å². The number of carbonyl (C=O) groups is 5. The number of nitrogens with two attached hydrogens (primary N) is 2. The van der Waals surface area contributed by atoms with Crippen molar-refractivity contribution < 1.29 is 44.4 Å². The number of amides is 1. The predicted octanol–water partition coefficient (Wildman–Crippen LogP) is 4.13. The molecule has 1 heterocycles. The number of rotatable bonds is 19. The van der Waals surface area contributed by atoms with Gasteiger partial charge in [0.25, 0.3) is 0 Å². The molecule has 236 valence electrons. The Balaban J connectivity index is -0.000000469. The van der Waals surface area contributed by atoms with E-state index in [0.29, 0.717) is 12.8 Å². The van der Waals surface area contributed by atoms with Crippen molar-refractivity contribution in [3.63, 3.8) is 0 Å². The second-order valence-corrected chi connectivity index (χ2v) is 9.56. The fourth-order valence-corrected chi connectivity index (χ4v) is 3.36. The largest absolute Gasteiger partial charge is 0.481 e. The summed E-state index contributed by atoms with van der Waals surface area (Å²) in [5.41, 5.74) is 10.6. The molecule has 0 aromatic rings. The molecule has 9 N–H and O–H groups in total. The summed E-state index contributed by atoms with van der Waals surface area (Å²) < 4.78 is 0. The van der Waals surface area contributed by atoms with Crippen molar-refractivity contribution in [3.05, 3.63) is 0 Å². The Morgan fingerprint density at radius 3 is 1.20 bits per heavy atom. The molecular weight excluding hydrogens is 522 g/mol. The van der Waals surface area contributed by atoms with E-state index in [2.05, 4.69) is 5.32 Å². The lowest BCUT2D eigenvalue weighted by Crippen LogP contribution is -2.21. The SMILES string of the molecule is NCCCCCCN.O=C(O)CCCCC(=O)O.O=C(O)CCCCCCCCC(=O)O.O=C1CCCCCN1. The van der Waals surface area contributed by atoms with Crippen LogP contribution in [0.25, 0.3) is 0 Å². The number of carboxylic acid groups (broad SMARTS) is 4. The molecule has 0 spiro atoms. The second kappa shape index (κ2) is 34.3. The normalized spacial score (nSPS) is 12.1. The summed E-state index contributed by atoms with van der Waals surface area (Å²) in [7, 11) is 0. The van der Waals surface area contributed by atoms with Gasteiger partial charge in [-0.1, -0.05) is 44.9 Å². The van der Waals surface area contributed by atoms with Gasteiger partial charge >= 0.3 is 23.9 Å². The Bertz CT molecular complexity index is 595. The summed E-state index contributed by atoms with van der Waals surface area (Å²) in [6.45, 7) is 2.54. The van der Waals surface area contributed by atoms with Crippen LogP contribution in [0.5, 0.6) is 0 Å². The van der Waals surface area contributed by atoms with Crippen LogP contribution in [0.15, 0.2) is 0 Å². The molecule has 1 aliphatic heterocycles. The maximum absolute atomic E-state index is 10.6. The Morgan fingerprint density at radius 2 is 0.850 bits per heavy atom. The molecule has 0 bridgehead atoms.